The van der Waals surface area contributed by atoms with Gasteiger partial charge in [0.1, 0.15) is 5.82 Å². The zero-order chi connectivity index (χ0) is 18.8. The van der Waals surface area contributed by atoms with Crippen LogP contribution >= 0.6 is 0 Å². The second-order valence-corrected chi connectivity index (χ2v) is 7.10. The molecule has 1 aromatic rings. The van der Waals surface area contributed by atoms with Crippen molar-refractivity contribution in [2.24, 2.45) is 4.99 Å². The zero-order valence-electron chi connectivity index (χ0n) is 16.8. The van der Waals surface area contributed by atoms with Gasteiger partial charge in [0.15, 0.2) is 5.96 Å². The molecule has 2 rings (SSSR count). The first-order chi connectivity index (χ1) is 12.6. The Labute approximate surface area is 158 Å². The predicted molar refractivity (Wildman–Crippen MR) is 109 cm³/mol. The van der Waals surface area contributed by atoms with Crippen LogP contribution in [-0.2, 0) is 11.3 Å². The van der Waals surface area contributed by atoms with E-state index in [2.05, 4.69) is 58.4 Å². The number of aromatic nitrogens is 1. The van der Waals surface area contributed by atoms with Crippen LogP contribution in [0.2, 0.25) is 0 Å². The van der Waals surface area contributed by atoms with Gasteiger partial charge in [-0.3, -0.25) is 4.99 Å². The number of aliphatic imine (C=N–C) groups is 1. The number of nitrogens with zero attached hydrogens (tertiary/aromatic N) is 3. The summed E-state index contributed by atoms with van der Waals surface area (Å²) in [4.78, 5) is 11.2. The van der Waals surface area contributed by atoms with Gasteiger partial charge < -0.3 is 20.3 Å². The summed E-state index contributed by atoms with van der Waals surface area (Å²) >= 11 is 0. The minimum Gasteiger partial charge on any atom is -0.372 e. The van der Waals surface area contributed by atoms with E-state index in [0.717, 1.165) is 43.5 Å². The molecule has 0 spiro atoms. The molecule has 1 aromatic heterocycles. The molecule has 0 amide bonds. The lowest BCUT2D eigenvalue weighted by atomic mass is 10.2. The van der Waals surface area contributed by atoms with E-state index in [1.807, 2.05) is 13.2 Å². The molecule has 2 atom stereocenters. The number of unbranched alkanes of at least 4 members (excludes halogenated alkanes) is 3. The molecule has 2 heterocycles. The van der Waals surface area contributed by atoms with Crippen LogP contribution in [0.4, 0.5) is 5.82 Å². The average Bonchev–Trinajstić information content (AvgIpc) is 2.63. The molecule has 0 saturated carbocycles. The van der Waals surface area contributed by atoms with Crippen LogP contribution in [0.15, 0.2) is 23.3 Å². The molecular weight excluding hydrogens is 326 g/mol. The van der Waals surface area contributed by atoms with Crippen LogP contribution in [-0.4, -0.2) is 49.8 Å². The third-order valence-electron chi connectivity index (χ3n) is 4.56. The summed E-state index contributed by atoms with van der Waals surface area (Å²) in [6, 6.07) is 4.23. The Morgan fingerprint density at radius 2 is 1.96 bits per heavy atom. The van der Waals surface area contributed by atoms with Gasteiger partial charge in [-0.2, -0.15) is 0 Å². The summed E-state index contributed by atoms with van der Waals surface area (Å²) in [6.45, 7) is 9.92. The smallest absolute Gasteiger partial charge is 0.191 e. The number of hydrogen-bond donors (Lipinski definition) is 2. The number of guanidine groups is 1. The molecule has 0 aliphatic carbocycles. The molecule has 0 aromatic carbocycles. The lowest BCUT2D eigenvalue weighted by Gasteiger charge is -2.36. The molecule has 146 valence electrons. The number of morpholine rings is 1. The van der Waals surface area contributed by atoms with Crippen molar-refractivity contribution in [1.82, 2.24) is 15.6 Å². The summed E-state index contributed by atoms with van der Waals surface area (Å²) in [7, 11) is 1.81. The van der Waals surface area contributed by atoms with Gasteiger partial charge in [0.2, 0.25) is 0 Å². The molecule has 0 bridgehead atoms. The number of ether oxygens (including phenoxy) is 1. The van der Waals surface area contributed by atoms with E-state index in [0.29, 0.717) is 0 Å². The lowest BCUT2D eigenvalue weighted by molar-refractivity contribution is -0.00545. The minimum atomic E-state index is 0.244. The third-order valence-corrected chi connectivity index (χ3v) is 4.56. The fourth-order valence-corrected chi connectivity index (χ4v) is 3.24. The van der Waals surface area contributed by atoms with Gasteiger partial charge >= 0.3 is 0 Å². The fraction of sp³-hybridized carbons (Fsp3) is 0.700. The van der Waals surface area contributed by atoms with Crippen molar-refractivity contribution >= 4 is 11.8 Å². The van der Waals surface area contributed by atoms with Crippen molar-refractivity contribution in [3.63, 3.8) is 0 Å². The normalized spacial score (nSPS) is 20.9. The molecular formula is C20H35N5O. The Bertz CT molecular complexity index is 536. The quantitative estimate of drug-likeness (QED) is 0.423. The summed E-state index contributed by atoms with van der Waals surface area (Å²) in [5.74, 6) is 1.87. The molecule has 2 unspecified atom stereocenters. The number of hydrogen-bond acceptors (Lipinski definition) is 4. The second kappa shape index (κ2) is 11.0. The van der Waals surface area contributed by atoms with E-state index in [4.69, 9.17) is 4.74 Å². The van der Waals surface area contributed by atoms with Crippen LogP contribution in [0.5, 0.6) is 0 Å². The Morgan fingerprint density at radius 1 is 1.19 bits per heavy atom. The van der Waals surface area contributed by atoms with E-state index in [9.17, 15) is 0 Å². The molecule has 2 N–H and O–H groups in total. The van der Waals surface area contributed by atoms with Crippen LogP contribution in [0.1, 0.15) is 52.0 Å². The third kappa shape index (κ3) is 6.83. The van der Waals surface area contributed by atoms with Crippen LogP contribution < -0.4 is 15.5 Å². The first kappa shape index (κ1) is 20.5. The van der Waals surface area contributed by atoms with E-state index < -0.39 is 0 Å². The molecule has 0 radical (unpaired) electrons. The zero-order valence-corrected chi connectivity index (χ0v) is 16.8. The van der Waals surface area contributed by atoms with Crippen molar-refractivity contribution in [3.8, 4) is 0 Å². The van der Waals surface area contributed by atoms with Gasteiger partial charge in [0.05, 0.1) is 12.2 Å². The van der Waals surface area contributed by atoms with Crippen LogP contribution in [0.25, 0.3) is 0 Å². The van der Waals surface area contributed by atoms with E-state index in [-0.39, 0.29) is 12.2 Å². The summed E-state index contributed by atoms with van der Waals surface area (Å²) in [6.07, 6.45) is 7.44. The van der Waals surface area contributed by atoms with Gasteiger partial charge in [0.25, 0.3) is 0 Å². The Kier molecular flexibility index (Phi) is 8.68. The fourth-order valence-electron chi connectivity index (χ4n) is 3.24. The molecule has 6 heteroatoms. The van der Waals surface area contributed by atoms with Crippen molar-refractivity contribution < 1.29 is 4.74 Å². The summed E-state index contributed by atoms with van der Waals surface area (Å²) in [5, 5.41) is 6.72. The van der Waals surface area contributed by atoms with Gasteiger partial charge in [-0.25, -0.2) is 4.98 Å². The molecule has 6 nitrogen and oxygen atoms in total. The number of nitrogens with one attached hydrogen (secondary N) is 2. The van der Waals surface area contributed by atoms with Crippen LogP contribution in [0.3, 0.4) is 0 Å². The first-order valence-corrected chi connectivity index (χ1v) is 9.92. The molecule has 1 aliphatic heterocycles. The molecule has 1 fully saturated rings. The molecule has 1 saturated heterocycles. The second-order valence-electron chi connectivity index (χ2n) is 7.10. The predicted octanol–water partition coefficient (Wildman–Crippen LogP) is 2.94. The lowest BCUT2D eigenvalue weighted by Crippen LogP contribution is -2.45. The summed E-state index contributed by atoms with van der Waals surface area (Å²) < 4.78 is 5.79. The van der Waals surface area contributed by atoms with Gasteiger partial charge in [-0.15, -0.1) is 0 Å². The maximum atomic E-state index is 5.79. The standard InChI is InChI=1S/C20H35N5O/c1-5-6-7-8-11-22-20(21-4)24-13-18-9-10-19(23-12-18)25-14-16(2)26-17(3)15-25/h9-10,12,16-17H,5-8,11,13-15H2,1-4H3,(H2,21,22,24). The number of anilines is 1. The highest BCUT2D eigenvalue weighted by atomic mass is 16.5. The van der Waals surface area contributed by atoms with E-state index in [1.165, 1.54) is 25.7 Å². The largest absolute Gasteiger partial charge is 0.372 e. The highest BCUT2D eigenvalue weighted by Crippen LogP contribution is 2.18. The Morgan fingerprint density at radius 3 is 2.58 bits per heavy atom. The Balaban J connectivity index is 1.77. The van der Waals surface area contributed by atoms with Crippen molar-refractivity contribution in [2.45, 2.75) is 65.2 Å². The molecule has 26 heavy (non-hydrogen) atoms. The molecule has 1 aliphatic rings. The average molecular weight is 362 g/mol. The Hall–Kier alpha value is -1.82. The first-order valence-electron chi connectivity index (χ1n) is 9.92. The van der Waals surface area contributed by atoms with Gasteiger partial charge in [-0.05, 0) is 31.9 Å². The van der Waals surface area contributed by atoms with Crippen molar-refractivity contribution in [1.29, 1.82) is 0 Å². The maximum Gasteiger partial charge on any atom is 0.191 e. The maximum absolute atomic E-state index is 5.79. The van der Waals surface area contributed by atoms with E-state index >= 15 is 0 Å². The number of rotatable bonds is 8. The topological polar surface area (TPSA) is 61.8 Å². The minimum absolute atomic E-state index is 0.244. The van der Waals surface area contributed by atoms with Crippen molar-refractivity contribution in [3.05, 3.63) is 23.9 Å². The SMILES string of the molecule is CCCCCCNC(=NC)NCc1ccc(N2CC(C)OC(C)C2)nc1. The van der Waals surface area contributed by atoms with E-state index in [1.54, 1.807) is 0 Å². The summed E-state index contributed by atoms with van der Waals surface area (Å²) in [5.41, 5.74) is 1.15. The highest BCUT2D eigenvalue weighted by molar-refractivity contribution is 5.79. The highest BCUT2D eigenvalue weighted by Gasteiger charge is 2.22. The van der Waals surface area contributed by atoms with Gasteiger partial charge in [-0.1, -0.05) is 32.3 Å². The number of pyridine rings is 1. The van der Waals surface area contributed by atoms with Gasteiger partial charge in [0, 0.05) is 39.4 Å². The van der Waals surface area contributed by atoms with Crippen molar-refractivity contribution in [2.75, 3.05) is 31.6 Å². The van der Waals surface area contributed by atoms with Crippen LogP contribution in [0, 0.1) is 0 Å². The monoisotopic (exact) mass is 361 g/mol.